The molecule has 0 bridgehead atoms. The maximum absolute atomic E-state index is 13.1. The van der Waals surface area contributed by atoms with Crippen LogP contribution in [-0.2, 0) is 9.84 Å². The quantitative estimate of drug-likeness (QED) is 0.849. The summed E-state index contributed by atoms with van der Waals surface area (Å²) >= 11 is 5.89. The molecule has 2 nitrogen and oxygen atoms in total. The van der Waals surface area contributed by atoms with Crippen molar-refractivity contribution in [1.29, 1.82) is 0 Å². The predicted octanol–water partition coefficient (Wildman–Crippen LogP) is 3.86. The third-order valence-corrected chi connectivity index (χ3v) is 5.74. The maximum Gasteiger partial charge on any atom is 0.248 e. The van der Waals surface area contributed by atoms with E-state index < -0.39 is 21.7 Å². The average Bonchev–Trinajstić information content (AvgIpc) is 2.60. The molecular formula is C13H15ClF2O2S. The highest BCUT2D eigenvalue weighted by molar-refractivity contribution is 7.91. The van der Waals surface area contributed by atoms with Crippen LogP contribution in [0.3, 0.4) is 0 Å². The van der Waals surface area contributed by atoms with Crippen LogP contribution < -0.4 is 0 Å². The van der Waals surface area contributed by atoms with Crippen molar-refractivity contribution in [1.82, 2.24) is 0 Å². The maximum atomic E-state index is 13.1. The zero-order chi connectivity index (χ0) is 14.3. The SMILES string of the molecule is Cc1ccc(Cl)c(S(=O)(=O)CC2CCC(F)(F)C2)c1. The number of benzene rings is 1. The van der Waals surface area contributed by atoms with Gasteiger partial charge in [-0.25, -0.2) is 17.2 Å². The van der Waals surface area contributed by atoms with Gasteiger partial charge in [0.1, 0.15) is 0 Å². The van der Waals surface area contributed by atoms with Crippen molar-refractivity contribution in [3.8, 4) is 0 Å². The van der Waals surface area contributed by atoms with Crippen LogP contribution in [0.25, 0.3) is 0 Å². The summed E-state index contributed by atoms with van der Waals surface area (Å²) in [6.07, 6.45) is -0.333. The van der Waals surface area contributed by atoms with Crippen LogP contribution in [0.4, 0.5) is 8.78 Å². The van der Waals surface area contributed by atoms with Gasteiger partial charge < -0.3 is 0 Å². The van der Waals surface area contributed by atoms with Crippen LogP contribution in [0.1, 0.15) is 24.8 Å². The van der Waals surface area contributed by atoms with Gasteiger partial charge in [0.15, 0.2) is 9.84 Å². The van der Waals surface area contributed by atoms with Gasteiger partial charge in [-0.1, -0.05) is 17.7 Å². The fourth-order valence-electron chi connectivity index (χ4n) is 2.43. The number of alkyl halides is 2. The molecule has 19 heavy (non-hydrogen) atoms. The van der Waals surface area contributed by atoms with Crippen LogP contribution in [0, 0.1) is 12.8 Å². The molecule has 1 aliphatic rings. The minimum atomic E-state index is -3.61. The molecule has 0 aromatic heterocycles. The summed E-state index contributed by atoms with van der Waals surface area (Å²) in [7, 11) is -3.61. The number of sulfone groups is 1. The third-order valence-electron chi connectivity index (χ3n) is 3.38. The smallest absolute Gasteiger partial charge is 0.224 e. The Balaban J connectivity index is 2.22. The Bertz CT molecular complexity index is 584. The molecule has 1 unspecified atom stereocenters. The standard InChI is InChI=1S/C13H15ClF2O2S/c1-9-2-3-11(14)12(6-9)19(17,18)8-10-4-5-13(15,16)7-10/h2-3,6,10H,4-5,7-8H2,1H3. The predicted molar refractivity (Wildman–Crippen MR) is 70.5 cm³/mol. The molecule has 1 atom stereocenters. The summed E-state index contributed by atoms with van der Waals surface area (Å²) in [6, 6.07) is 4.73. The first kappa shape index (κ1) is 14.7. The van der Waals surface area contributed by atoms with E-state index in [-0.39, 0.29) is 34.9 Å². The van der Waals surface area contributed by atoms with Gasteiger partial charge in [-0.3, -0.25) is 0 Å². The molecule has 1 saturated carbocycles. The molecule has 1 fully saturated rings. The molecule has 1 aromatic rings. The lowest BCUT2D eigenvalue weighted by molar-refractivity contribution is 0.00592. The Labute approximate surface area is 116 Å². The van der Waals surface area contributed by atoms with E-state index in [0.29, 0.717) is 0 Å². The van der Waals surface area contributed by atoms with Crippen LogP contribution in [0.5, 0.6) is 0 Å². The monoisotopic (exact) mass is 308 g/mol. The minimum Gasteiger partial charge on any atom is -0.224 e. The van der Waals surface area contributed by atoms with Gasteiger partial charge in [-0.2, -0.15) is 0 Å². The first-order valence-corrected chi connectivity index (χ1v) is 8.09. The summed E-state index contributed by atoms with van der Waals surface area (Å²) < 4.78 is 50.7. The van der Waals surface area contributed by atoms with Crippen molar-refractivity contribution in [3.05, 3.63) is 28.8 Å². The van der Waals surface area contributed by atoms with Gasteiger partial charge in [0.05, 0.1) is 15.7 Å². The van der Waals surface area contributed by atoms with Crippen LogP contribution >= 0.6 is 11.6 Å². The molecule has 0 heterocycles. The molecule has 0 radical (unpaired) electrons. The zero-order valence-electron chi connectivity index (χ0n) is 10.5. The van der Waals surface area contributed by atoms with E-state index in [0.717, 1.165) is 5.56 Å². The normalized spacial score (nSPS) is 22.6. The van der Waals surface area contributed by atoms with E-state index in [1.54, 1.807) is 13.0 Å². The van der Waals surface area contributed by atoms with E-state index in [1.807, 2.05) is 0 Å². The molecular weight excluding hydrogens is 294 g/mol. The number of rotatable bonds is 3. The molecule has 1 aromatic carbocycles. The van der Waals surface area contributed by atoms with E-state index in [4.69, 9.17) is 11.6 Å². The lowest BCUT2D eigenvalue weighted by atomic mass is 10.1. The summed E-state index contributed by atoms with van der Waals surface area (Å²) in [6.45, 7) is 1.76. The summed E-state index contributed by atoms with van der Waals surface area (Å²) in [5.74, 6) is -3.47. The van der Waals surface area contributed by atoms with E-state index in [9.17, 15) is 17.2 Å². The van der Waals surface area contributed by atoms with Gasteiger partial charge in [0, 0.05) is 12.8 Å². The van der Waals surface area contributed by atoms with Crippen molar-refractivity contribution in [2.24, 2.45) is 5.92 Å². The molecule has 0 spiro atoms. The summed E-state index contributed by atoms with van der Waals surface area (Å²) in [5, 5.41) is 0.148. The molecule has 0 amide bonds. The molecule has 2 rings (SSSR count). The average molecular weight is 309 g/mol. The Morgan fingerprint density at radius 3 is 2.68 bits per heavy atom. The van der Waals surface area contributed by atoms with Gasteiger partial charge >= 0.3 is 0 Å². The Morgan fingerprint density at radius 2 is 2.11 bits per heavy atom. The van der Waals surface area contributed by atoms with Crippen molar-refractivity contribution in [3.63, 3.8) is 0 Å². The second kappa shape index (κ2) is 5.02. The largest absolute Gasteiger partial charge is 0.248 e. The molecule has 1 aliphatic carbocycles. The zero-order valence-corrected chi connectivity index (χ0v) is 12.1. The van der Waals surface area contributed by atoms with Gasteiger partial charge in [-0.15, -0.1) is 0 Å². The fourth-order valence-corrected chi connectivity index (χ4v) is 4.72. The summed E-state index contributed by atoms with van der Waals surface area (Å²) in [5.41, 5.74) is 0.778. The first-order valence-electron chi connectivity index (χ1n) is 6.06. The van der Waals surface area contributed by atoms with Gasteiger partial charge in [0.2, 0.25) is 5.92 Å². The van der Waals surface area contributed by atoms with Crippen LogP contribution in [0.2, 0.25) is 5.02 Å². The highest BCUT2D eigenvalue weighted by Crippen LogP contribution is 2.40. The Hall–Kier alpha value is -0.680. The van der Waals surface area contributed by atoms with Crippen molar-refractivity contribution < 1.29 is 17.2 Å². The van der Waals surface area contributed by atoms with Crippen LogP contribution in [-0.4, -0.2) is 20.1 Å². The Kier molecular flexibility index (Phi) is 3.89. The third kappa shape index (κ3) is 3.45. The first-order chi connectivity index (χ1) is 8.70. The van der Waals surface area contributed by atoms with Crippen molar-refractivity contribution in [2.75, 3.05) is 5.75 Å². The highest BCUT2D eigenvalue weighted by Gasteiger charge is 2.41. The minimum absolute atomic E-state index is 0.0457. The highest BCUT2D eigenvalue weighted by atomic mass is 35.5. The number of aryl methyl sites for hydroxylation is 1. The van der Waals surface area contributed by atoms with Gasteiger partial charge in [-0.05, 0) is 37.0 Å². The number of halogens is 3. The fraction of sp³-hybridized carbons (Fsp3) is 0.538. The van der Waals surface area contributed by atoms with Crippen molar-refractivity contribution in [2.45, 2.75) is 37.0 Å². The van der Waals surface area contributed by atoms with Gasteiger partial charge in [0.25, 0.3) is 0 Å². The van der Waals surface area contributed by atoms with E-state index >= 15 is 0 Å². The molecule has 6 heteroatoms. The molecule has 106 valence electrons. The molecule has 0 saturated heterocycles. The second-order valence-corrected chi connectivity index (χ2v) is 7.59. The van der Waals surface area contributed by atoms with E-state index in [1.165, 1.54) is 12.1 Å². The lowest BCUT2D eigenvalue weighted by Gasteiger charge is -2.12. The Morgan fingerprint density at radius 1 is 1.42 bits per heavy atom. The van der Waals surface area contributed by atoms with E-state index in [2.05, 4.69) is 0 Å². The lowest BCUT2D eigenvalue weighted by Crippen LogP contribution is -2.17. The number of hydrogen-bond donors (Lipinski definition) is 0. The topological polar surface area (TPSA) is 34.1 Å². The number of hydrogen-bond acceptors (Lipinski definition) is 2. The molecule has 0 N–H and O–H groups in total. The summed E-state index contributed by atoms with van der Waals surface area (Å²) in [4.78, 5) is 0.0457. The van der Waals surface area contributed by atoms with Crippen molar-refractivity contribution >= 4 is 21.4 Å². The molecule has 0 aliphatic heterocycles. The van der Waals surface area contributed by atoms with Crippen LogP contribution in [0.15, 0.2) is 23.1 Å². The second-order valence-electron chi connectivity index (χ2n) is 5.18.